The van der Waals surface area contributed by atoms with Gasteiger partial charge in [-0.1, -0.05) is 48.5 Å². The highest BCUT2D eigenvalue weighted by Crippen LogP contribution is 2.61. The van der Waals surface area contributed by atoms with Crippen LogP contribution in [0.5, 0.6) is 0 Å². The lowest BCUT2D eigenvalue weighted by Crippen LogP contribution is -2.05. The summed E-state index contributed by atoms with van der Waals surface area (Å²) in [6, 6.07) is 17.8. The van der Waals surface area contributed by atoms with Gasteiger partial charge in [0.15, 0.2) is 0 Å². The molecule has 0 fully saturated rings. The number of fused-ring (bicyclic) bond motifs is 3. The van der Waals surface area contributed by atoms with Gasteiger partial charge in [0.1, 0.15) is 0 Å². The molecule has 3 rings (SSSR count). The number of hydrogen-bond donors (Lipinski definition) is 0. The van der Waals surface area contributed by atoms with Crippen LogP contribution in [0.1, 0.15) is 16.4 Å². The van der Waals surface area contributed by atoms with Crippen LogP contribution in [0.2, 0.25) is 0 Å². The monoisotopic (exact) mass is 242 g/mol. The predicted molar refractivity (Wildman–Crippen MR) is 79.1 cm³/mol. The molecule has 2 aromatic carbocycles. The van der Waals surface area contributed by atoms with Gasteiger partial charge in [-0.2, -0.15) is 0 Å². The minimum absolute atomic E-state index is 0.606. The van der Waals surface area contributed by atoms with E-state index >= 15 is 0 Å². The van der Waals surface area contributed by atoms with E-state index in [2.05, 4.69) is 67.3 Å². The van der Waals surface area contributed by atoms with Gasteiger partial charge in [-0.3, -0.25) is 0 Å². The van der Waals surface area contributed by atoms with Gasteiger partial charge < -0.3 is 0 Å². The van der Waals surface area contributed by atoms with Crippen molar-refractivity contribution in [2.45, 2.75) is 5.25 Å². The maximum atomic E-state index is 2.41. The molecule has 88 valence electrons. The molecule has 1 heteroatoms. The standard InChI is InChI=1S/C16H18S/c1-17(2,3)16-14-10-6-4-8-12(14)13-9-5-7-11-15(13)16/h4-11,16H,1-3H3. The molecular formula is C16H18S. The fourth-order valence-electron chi connectivity index (χ4n) is 2.87. The average molecular weight is 242 g/mol. The molecule has 1 aliphatic rings. The highest BCUT2D eigenvalue weighted by molar-refractivity contribution is 8.32. The molecule has 0 spiro atoms. The van der Waals surface area contributed by atoms with Crippen LogP contribution >= 0.6 is 10.0 Å². The molecular weight excluding hydrogens is 224 g/mol. The third kappa shape index (κ3) is 1.61. The zero-order valence-corrected chi connectivity index (χ0v) is 11.4. The maximum Gasteiger partial charge on any atom is 0.0397 e. The van der Waals surface area contributed by atoms with Crippen molar-refractivity contribution in [3.05, 3.63) is 59.7 Å². The second kappa shape index (κ2) is 3.64. The van der Waals surface area contributed by atoms with E-state index in [9.17, 15) is 0 Å². The summed E-state index contributed by atoms with van der Waals surface area (Å²) in [7, 11) is -0.629. The molecule has 0 aromatic heterocycles. The Kier molecular flexibility index (Phi) is 2.34. The first kappa shape index (κ1) is 10.9. The normalized spacial score (nSPS) is 15.5. The molecule has 0 unspecified atom stereocenters. The molecule has 0 N–H and O–H groups in total. The Balaban J connectivity index is 2.31. The summed E-state index contributed by atoms with van der Waals surface area (Å²) in [6.07, 6.45) is 7.24. The van der Waals surface area contributed by atoms with Gasteiger partial charge in [-0.15, -0.1) is 0 Å². The van der Waals surface area contributed by atoms with E-state index in [1.54, 1.807) is 0 Å². The Hall–Kier alpha value is -1.21. The van der Waals surface area contributed by atoms with Gasteiger partial charge in [0, 0.05) is 5.25 Å². The Labute approximate surface area is 105 Å². The fraction of sp³-hybridized carbons (Fsp3) is 0.250. The summed E-state index contributed by atoms with van der Waals surface area (Å²) >= 11 is 0. The van der Waals surface area contributed by atoms with Crippen molar-refractivity contribution in [1.82, 2.24) is 0 Å². The Morgan fingerprint density at radius 1 is 0.706 bits per heavy atom. The van der Waals surface area contributed by atoms with Gasteiger partial charge >= 0.3 is 0 Å². The zero-order valence-electron chi connectivity index (χ0n) is 10.6. The molecule has 0 nitrogen and oxygen atoms in total. The summed E-state index contributed by atoms with van der Waals surface area (Å²) < 4.78 is 0. The number of rotatable bonds is 1. The van der Waals surface area contributed by atoms with Crippen LogP contribution in [0.15, 0.2) is 48.5 Å². The number of hydrogen-bond acceptors (Lipinski definition) is 0. The molecule has 0 aliphatic heterocycles. The van der Waals surface area contributed by atoms with Crippen LogP contribution in [-0.4, -0.2) is 18.8 Å². The lowest BCUT2D eigenvalue weighted by Gasteiger charge is -2.34. The van der Waals surface area contributed by atoms with Crippen LogP contribution in [0.25, 0.3) is 11.1 Å². The third-order valence-electron chi connectivity index (χ3n) is 3.48. The van der Waals surface area contributed by atoms with Gasteiger partial charge in [-0.05, 0) is 41.0 Å². The van der Waals surface area contributed by atoms with Gasteiger partial charge in [0.2, 0.25) is 0 Å². The lowest BCUT2D eigenvalue weighted by atomic mass is 10.1. The molecule has 17 heavy (non-hydrogen) atoms. The molecule has 0 amide bonds. The highest BCUT2D eigenvalue weighted by atomic mass is 32.3. The zero-order chi connectivity index (χ0) is 12.0. The summed E-state index contributed by atoms with van der Waals surface area (Å²) in [5.74, 6) is 0. The molecule has 0 heterocycles. The van der Waals surface area contributed by atoms with E-state index in [0.29, 0.717) is 5.25 Å². The van der Waals surface area contributed by atoms with Gasteiger partial charge in [0.25, 0.3) is 0 Å². The van der Waals surface area contributed by atoms with Gasteiger partial charge in [-0.25, -0.2) is 10.0 Å². The number of benzene rings is 2. The SMILES string of the molecule is CS(C)(C)C1c2ccccc2-c2ccccc21. The van der Waals surface area contributed by atoms with Gasteiger partial charge in [0.05, 0.1) is 0 Å². The smallest absolute Gasteiger partial charge is 0.0397 e. The van der Waals surface area contributed by atoms with Crippen molar-refractivity contribution in [1.29, 1.82) is 0 Å². The van der Waals surface area contributed by atoms with Crippen molar-refractivity contribution in [2.24, 2.45) is 0 Å². The van der Waals surface area contributed by atoms with Crippen LogP contribution in [0, 0.1) is 0 Å². The van der Waals surface area contributed by atoms with Crippen molar-refractivity contribution in [3.63, 3.8) is 0 Å². The summed E-state index contributed by atoms with van der Waals surface area (Å²) in [5, 5.41) is 0.606. The van der Waals surface area contributed by atoms with E-state index in [-0.39, 0.29) is 0 Å². The van der Waals surface area contributed by atoms with E-state index in [0.717, 1.165) is 0 Å². The molecule has 0 saturated carbocycles. The van der Waals surface area contributed by atoms with Crippen molar-refractivity contribution in [3.8, 4) is 11.1 Å². The quantitative estimate of drug-likeness (QED) is 0.693. The lowest BCUT2D eigenvalue weighted by molar-refractivity contribution is 1.20. The molecule has 0 atom stereocenters. The Morgan fingerprint density at radius 2 is 1.12 bits per heavy atom. The third-order valence-corrected chi connectivity index (χ3v) is 5.41. The molecule has 2 aromatic rings. The Morgan fingerprint density at radius 3 is 1.53 bits per heavy atom. The van der Waals surface area contributed by atoms with Crippen molar-refractivity contribution < 1.29 is 0 Å². The largest absolute Gasteiger partial charge is 0.239 e. The first-order chi connectivity index (χ1) is 8.09. The molecule has 0 bridgehead atoms. The second-order valence-corrected chi connectivity index (χ2v) is 9.82. The minimum atomic E-state index is -0.629. The first-order valence-electron chi connectivity index (χ1n) is 5.94. The highest BCUT2D eigenvalue weighted by Gasteiger charge is 2.33. The van der Waals surface area contributed by atoms with Crippen LogP contribution in [0.3, 0.4) is 0 Å². The first-order valence-corrected chi connectivity index (χ1v) is 8.86. The molecule has 0 saturated heterocycles. The fourth-order valence-corrected chi connectivity index (χ4v) is 4.81. The average Bonchev–Trinajstić information content (AvgIpc) is 2.63. The molecule has 0 radical (unpaired) electrons. The topological polar surface area (TPSA) is 0 Å². The minimum Gasteiger partial charge on any atom is -0.239 e. The van der Waals surface area contributed by atoms with Crippen LogP contribution < -0.4 is 0 Å². The van der Waals surface area contributed by atoms with Crippen LogP contribution in [-0.2, 0) is 0 Å². The Bertz CT molecular complexity index is 518. The predicted octanol–water partition coefficient (Wildman–Crippen LogP) is 4.45. The molecule has 1 aliphatic carbocycles. The van der Waals surface area contributed by atoms with Crippen molar-refractivity contribution in [2.75, 3.05) is 18.8 Å². The van der Waals surface area contributed by atoms with E-state index < -0.39 is 10.0 Å². The van der Waals surface area contributed by atoms with Crippen LogP contribution in [0.4, 0.5) is 0 Å². The summed E-state index contributed by atoms with van der Waals surface area (Å²) in [6.45, 7) is 0. The second-order valence-electron chi connectivity index (χ2n) is 5.49. The summed E-state index contributed by atoms with van der Waals surface area (Å²) in [4.78, 5) is 0. The summed E-state index contributed by atoms with van der Waals surface area (Å²) in [5.41, 5.74) is 5.93. The van der Waals surface area contributed by atoms with E-state index in [1.165, 1.54) is 22.3 Å². The van der Waals surface area contributed by atoms with E-state index in [4.69, 9.17) is 0 Å². The maximum absolute atomic E-state index is 2.41. The van der Waals surface area contributed by atoms with Crippen molar-refractivity contribution >= 4 is 10.0 Å². The van der Waals surface area contributed by atoms with E-state index in [1.807, 2.05) is 0 Å².